The Kier molecular flexibility index (Phi) is 3.11. The second-order valence-electron chi connectivity index (χ2n) is 5.10. The van der Waals surface area contributed by atoms with Crippen LogP contribution >= 0.6 is 0 Å². The molecule has 96 valence electrons. The number of nitrogens with two attached hydrogens (primary N) is 2. The van der Waals surface area contributed by atoms with Crippen LogP contribution in [0.2, 0.25) is 0 Å². The van der Waals surface area contributed by atoms with Crippen LogP contribution in [0.25, 0.3) is 0 Å². The lowest BCUT2D eigenvalue weighted by atomic mass is 9.63. The summed E-state index contributed by atoms with van der Waals surface area (Å²) >= 11 is 0. The maximum atomic E-state index is 11.7. The highest BCUT2D eigenvalue weighted by molar-refractivity contribution is 5.95. The van der Waals surface area contributed by atoms with E-state index in [2.05, 4.69) is 0 Å². The van der Waals surface area contributed by atoms with Crippen molar-refractivity contribution in [1.82, 2.24) is 0 Å². The second-order valence-corrected chi connectivity index (χ2v) is 5.10. The minimum absolute atomic E-state index is 0.0642. The predicted molar refractivity (Wildman–Crippen MR) is 69.1 cm³/mol. The van der Waals surface area contributed by atoms with E-state index in [0.29, 0.717) is 5.57 Å². The van der Waals surface area contributed by atoms with Gasteiger partial charge in [-0.15, -0.1) is 0 Å². The van der Waals surface area contributed by atoms with Crippen molar-refractivity contribution in [3.8, 4) is 0 Å². The summed E-state index contributed by atoms with van der Waals surface area (Å²) in [4.78, 5) is 22.9. The van der Waals surface area contributed by atoms with Crippen molar-refractivity contribution in [2.24, 2.45) is 22.8 Å². The fraction of sp³-hybridized carbons (Fsp3) is 0.429. The van der Waals surface area contributed by atoms with Gasteiger partial charge in [0, 0.05) is 5.57 Å². The Morgan fingerprint density at radius 3 is 2.33 bits per heavy atom. The molecule has 2 rings (SSSR count). The molecule has 1 saturated carbocycles. The zero-order valence-electron chi connectivity index (χ0n) is 10.5. The molecule has 2 aliphatic rings. The van der Waals surface area contributed by atoms with Crippen molar-refractivity contribution in [3.63, 3.8) is 0 Å². The second kappa shape index (κ2) is 4.44. The molecule has 0 aromatic carbocycles. The third-order valence-corrected chi connectivity index (χ3v) is 3.84. The van der Waals surface area contributed by atoms with Gasteiger partial charge in [0.15, 0.2) is 0 Å². The largest absolute Gasteiger partial charge is 0.369 e. The molecule has 0 heterocycles. The molecule has 4 heteroatoms. The highest BCUT2D eigenvalue weighted by atomic mass is 16.1. The first kappa shape index (κ1) is 12.6. The minimum atomic E-state index is -0.536. The lowest BCUT2D eigenvalue weighted by molar-refractivity contribution is -0.129. The molecule has 0 saturated heterocycles. The van der Waals surface area contributed by atoms with Crippen LogP contribution in [0.1, 0.15) is 26.2 Å². The number of rotatable bonds is 3. The summed E-state index contributed by atoms with van der Waals surface area (Å²) < 4.78 is 0. The Balaban J connectivity index is 2.34. The number of allylic oxidation sites excluding steroid dienone is 3. The summed E-state index contributed by atoms with van der Waals surface area (Å²) in [5.74, 6) is -0.664. The average molecular weight is 246 g/mol. The zero-order chi connectivity index (χ0) is 13.3. The van der Waals surface area contributed by atoms with Gasteiger partial charge in [-0.2, -0.15) is 0 Å². The molecule has 4 N–H and O–H groups in total. The van der Waals surface area contributed by atoms with E-state index in [4.69, 9.17) is 11.5 Å². The van der Waals surface area contributed by atoms with Gasteiger partial charge in [-0.3, -0.25) is 9.59 Å². The van der Waals surface area contributed by atoms with Crippen LogP contribution in [0, 0.1) is 11.3 Å². The standard InChI is InChI=1S/C14H18N2O2/c1-9-7-10(12(15)17)3-4-11(8-9)14(13(16)18)5-2-6-14/h3-4,7-9H,2,5-6H2,1H3,(H2,15,17)(H2,16,18). The molecule has 0 aromatic rings. The smallest absolute Gasteiger partial charge is 0.248 e. The van der Waals surface area contributed by atoms with Crippen LogP contribution in [-0.2, 0) is 9.59 Å². The van der Waals surface area contributed by atoms with Gasteiger partial charge in [0.25, 0.3) is 0 Å². The first-order valence-electron chi connectivity index (χ1n) is 6.17. The monoisotopic (exact) mass is 246 g/mol. The van der Waals surface area contributed by atoms with Gasteiger partial charge in [-0.25, -0.2) is 0 Å². The number of hydrogen-bond donors (Lipinski definition) is 2. The van der Waals surface area contributed by atoms with E-state index in [0.717, 1.165) is 24.8 Å². The van der Waals surface area contributed by atoms with E-state index in [9.17, 15) is 9.59 Å². The highest BCUT2D eigenvalue weighted by Gasteiger charge is 2.45. The van der Waals surface area contributed by atoms with E-state index in [1.54, 1.807) is 12.2 Å². The van der Waals surface area contributed by atoms with Gasteiger partial charge >= 0.3 is 0 Å². The number of primary amides is 2. The molecule has 1 atom stereocenters. The third-order valence-electron chi connectivity index (χ3n) is 3.84. The Morgan fingerprint density at radius 2 is 1.89 bits per heavy atom. The molecular weight excluding hydrogens is 228 g/mol. The van der Waals surface area contributed by atoms with Crippen molar-refractivity contribution in [1.29, 1.82) is 0 Å². The van der Waals surface area contributed by atoms with Gasteiger partial charge in [0.05, 0.1) is 5.41 Å². The minimum Gasteiger partial charge on any atom is -0.369 e. The lowest BCUT2D eigenvalue weighted by Crippen LogP contribution is -2.44. The number of carbonyl (C=O) groups is 2. The molecule has 0 aromatic heterocycles. The fourth-order valence-electron chi connectivity index (χ4n) is 2.60. The summed E-state index contributed by atoms with van der Waals surface area (Å²) in [5, 5.41) is 0. The van der Waals surface area contributed by atoms with Crippen molar-refractivity contribution in [3.05, 3.63) is 35.5 Å². The molecule has 4 nitrogen and oxygen atoms in total. The maximum Gasteiger partial charge on any atom is 0.248 e. The molecule has 0 bridgehead atoms. The van der Waals surface area contributed by atoms with Gasteiger partial charge in [0.2, 0.25) is 11.8 Å². The van der Waals surface area contributed by atoms with Crippen molar-refractivity contribution in [2.45, 2.75) is 26.2 Å². The summed E-state index contributed by atoms with van der Waals surface area (Å²) in [7, 11) is 0. The van der Waals surface area contributed by atoms with Crippen LogP contribution in [0.5, 0.6) is 0 Å². The maximum absolute atomic E-state index is 11.7. The lowest BCUT2D eigenvalue weighted by Gasteiger charge is -2.40. The van der Waals surface area contributed by atoms with E-state index in [1.165, 1.54) is 0 Å². The Morgan fingerprint density at radius 1 is 1.22 bits per heavy atom. The fourth-order valence-corrected chi connectivity index (χ4v) is 2.60. The van der Waals surface area contributed by atoms with Gasteiger partial charge < -0.3 is 11.5 Å². The molecule has 0 aliphatic heterocycles. The summed E-state index contributed by atoms with van der Waals surface area (Å²) in [5.41, 5.74) is 11.7. The van der Waals surface area contributed by atoms with E-state index < -0.39 is 11.3 Å². The molecule has 1 unspecified atom stereocenters. The predicted octanol–water partition coefficient (Wildman–Crippen LogP) is 1.19. The van der Waals surface area contributed by atoms with Gasteiger partial charge in [0.1, 0.15) is 0 Å². The summed E-state index contributed by atoms with van der Waals surface area (Å²) in [6, 6.07) is 0. The van der Waals surface area contributed by atoms with Gasteiger partial charge in [-0.1, -0.05) is 31.6 Å². The number of carbonyl (C=O) groups excluding carboxylic acids is 2. The van der Waals surface area contributed by atoms with E-state index in [1.807, 2.05) is 19.1 Å². The van der Waals surface area contributed by atoms with Gasteiger partial charge in [-0.05, 0) is 30.4 Å². The first-order chi connectivity index (χ1) is 8.45. The van der Waals surface area contributed by atoms with E-state index >= 15 is 0 Å². The normalized spacial score (nSPS) is 25.5. The molecule has 2 aliphatic carbocycles. The Labute approximate surface area is 106 Å². The highest BCUT2D eigenvalue weighted by Crippen LogP contribution is 2.48. The summed E-state index contributed by atoms with van der Waals surface area (Å²) in [6.07, 6.45) is 9.88. The quantitative estimate of drug-likeness (QED) is 0.783. The number of hydrogen-bond acceptors (Lipinski definition) is 2. The Hall–Kier alpha value is -1.84. The van der Waals surface area contributed by atoms with Crippen LogP contribution < -0.4 is 11.5 Å². The van der Waals surface area contributed by atoms with Crippen molar-refractivity contribution in [2.75, 3.05) is 0 Å². The van der Waals surface area contributed by atoms with E-state index in [-0.39, 0.29) is 11.8 Å². The zero-order valence-corrected chi connectivity index (χ0v) is 10.5. The Bertz CT molecular complexity index is 482. The van der Waals surface area contributed by atoms with Crippen molar-refractivity contribution < 1.29 is 9.59 Å². The third kappa shape index (κ3) is 1.98. The SMILES string of the molecule is CC1C=C(C(N)=O)C=CC(C2(C(N)=O)CCC2)=C1. The average Bonchev–Trinajstić information content (AvgIpc) is 2.38. The van der Waals surface area contributed by atoms with Crippen molar-refractivity contribution >= 4 is 11.8 Å². The molecule has 18 heavy (non-hydrogen) atoms. The molecule has 0 spiro atoms. The number of amides is 2. The van der Waals surface area contributed by atoms with Crippen LogP contribution in [0.3, 0.4) is 0 Å². The molecule has 2 amide bonds. The molecular formula is C14H18N2O2. The summed E-state index contributed by atoms with van der Waals surface area (Å²) in [6.45, 7) is 1.96. The first-order valence-corrected chi connectivity index (χ1v) is 6.17. The van der Waals surface area contributed by atoms with Crippen LogP contribution in [-0.4, -0.2) is 11.8 Å². The van der Waals surface area contributed by atoms with Crippen LogP contribution in [0.4, 0.5) is 0 Å². The van der Waals surface area contributed by atoms with Crippen LogP contribution in [0.15, 0.2) is 35.5 Å². The molecule has 0 radical (unpaired) electrons. The molecule has 1 fully saturated rings. The topological polar surface area (TPSA) is 86.2 Å².